The minimum Gasteiger partial charge on any atom is -0.396 e. The van der Waals surface area contributed by atoms with Gasteiger partial charge in [0.25, 0.3) is 0 Å². The van der Waals surface area contributed by atoms with E-state index in [0.717, 1.165) is 24.3 Å². The summed E-state index contributed by atoms with van der Waals surface area (Å²) in [6.07, 6.45) is 2.96. The Labute approximate surface area is 102 Å². The molecule has 2 unspecified atom stereocenters. The molecule has 1 aromatic rings. The molecule has 16 heavy (non-hydrogen) atoms. The highest BCUT2D eigenvalue weighted by Gasteiger charge is 2.24. The van der Waals surface area contributed by atoms with Crippen LogP contribution in [-0.2, 0) is 6.42 Å². The van der Waals surface area contributed by atoms with E-state index in [-0.39, 0.29) is 6.61 Å². The average Bonchev–Trinajstić information content (AvgIpc) is 2.64. The molecule has 3 heteroatoms. The number of hydrogen-bond acceptors (Lipinski definition) is 2. The summed E-state index contributed by atoms with van der Waals surface area (Å²) in [5.74, 6) is 0. The summed E-state index contributed by atoms with van der Waals surface area (Å²) in [7, 11) is 0. The van der Waals surface area contributed by atoms with Gasteiger partial charge in [-0.15, -0.1) is 0 Å². The lowest BCUT2D eigenvalue weighted by Crippen LogP contribution is -2.30. The zero-order valence-electron chi connectivity index (χ0n) is 9.54. The van der Waals surface area contributed by atoms with Gasteiger partial charge in [-0.25, -0.2) is 0 Å². The summed E-state index contributed by atoms with van der Waals surface area (Å²) in [6, 6.07) is 6.87. The van der Waals surface area contributed by atoms with Crippen molar-refractivity contribution in [1.82, 2.24) is 5.32 Å². The molecule has 1 aliphatic carbocycles. The van der Waals surface area contributed by atoms with E-state index in [0.29, 0.717) is 12.1 Å². The fourth-order valence-electron chi connectivity index (χ4n) is 2.40. The van der Waals surface area contributed by atoms with Gasteiger partial charge in [0.15, 0.2) is 0 Å². The predicted molar refractivity (Wildman–Crippen MR) is 66.8 cm³/mol. The molecule has 0 saturated carbocycles. The van der Waals surface area contributed by atoms with Crippen LogP contribution >= 0.6 is 11.6 Å². The van der Waals surface area contributed by atoms with E-state index in [9.17, 15) is 0 Å². The maximum absolute atomic E-state index is 8.89. The lowest BCUT2D eigenvalue weighted by Gasteiger charge is -2.19. The van der Waals surface area contributed by atoms with Crippen molar-refractivity contribution in [3.05, 3.63) is 34.3 Å². The zero-order chi connectivity index (χ0) is 11.5. The molecule has 2 nitrogen and oxygen atoms in total. The van der Waals surface area contributed by atoms with Crippen LogP contribution in [0.4, 0.5) is 0 Å². The van der Waals surface area contributed by atoms with Gasteiger partial charge < -0.3 is 10.4 Å². The number of fused-ring (bicyclic) bond motifs is 1. The van der Waals surface area contributed by atoms with Crippen LogP contribution in [0.5, 0.6) is 0 Å². The van der Waals surface area contributed by atoms with Crippen LogP contribution in [0.3, 0.4) is 0 Å². The highest BCUT2D eigenvalue weighted by atomic mass is 35.5. The topological polar surface area (TPSA) is 32.3 Å². The summed E-state index contributed by atoms with van der Waals surface area (Å²) in [5.41, 5.74) is 2.62. The molecule has 0 amide bonds. The number of rotatable bonds is 4. The SMILES string of the molecule is CC(CCO)NC1CCc2c(Cl)cccc21. The molecule has 1 aromatic carbocycles. The summed E-state index contributed by atoms with van der Waals surface area (Å²) >= 11 is 6.16. The maximum Gasteiger partial charge on any atom is 0.0445 e. The zero-order valence-corrected chi connectivity index (χ0v) is 10.3. The van der Waals surface area contributed by atoms with Crippen molar-refractivity contribution in [3.8, 4) is 0 Å². The van der Waals surface area contributed by atoms with Crippen molar-refractivity contribution >= 4 is 11.6 Å². The third-order valence-corrected chi connectivity index (χ3v) is 3.62. The van der Waals surface area contributed by atoms with Gasteiger partial charge in [0.1, 0.15) is 0 Å². The lowest BCUT2D eigenvalue weighted by molar-refractivity contribution is 0.263. The highest BCUT2D eigenvalue weighted by Crippen LogP contribution is 2.35. The minimum atomic E-state index is 0.239. The van der Waals surface area contributed by atoms with Crippen molar-refractivity contribution in [2.75, 3.05) is 6.61 Å². The summed E-state index contributed by atoms with van der Waals surface area (Å²) in [6.45, 7) is 2.35. The van der Waals surface area contributed by atoms with Crippen molar-refractivity contribution in [3.63, 3.8) is 0 Å². The Bertz CT molecular complexity index is 367. The van der Waals surface area contributed by atoms with Crippen LogP contribution in [0.1, 0.15) is 36.9 Å². The second kappa shape index (κ2) is 5.17. The van der Waals surface area contributed by atoms with Gasteiger partial charge in [-0.05, 0) is 43.4 Å². The second-order valence-electron chi connectivity index (χ2n) is 4.48. The molecule has 0 aliphatic heterocycles. The second-order valence-corrected chi connectivity index (χ2v) is 4.89. The van der Waals surface area contributed by atoms with Gasteiger partial charge in [0.2, 0.25) is 0 Å². The molecule has 0 aromatic heterocycles. The largest absolute Gasteiger partial charge is 0.396 e. The first-order chi connectivity index (χ1) is 7.72. The number of hydrogen-bond donors (Lipinski definition) is 2. The first-order valence-corrected chi connectivity index (χ1v) is 6.24. The third kappa shape index (κ3) is 2.40. The fraction of sp³-hybridized carbons (Fsp3) is 0.538. The maximum atomic E-state index is 8.89. The van der Waals surface area contributed by atoms with Gasteiger partial charge >= 0.3 is 0 Å². The van der Waals surface area contributed by atoms with E-state index in [1.807, 2.05) is 12.1 Å². The van der Waals surface area contributed by atoms with Crippen LogP contribution in [0.15, 0.2) is 18.2 Å². The van der Waals surface area contributed by atoms with E-state index in [2.05, 4.69) is 18.3 Å². The van der Waals surface area contributed by atoms with E-state index in [4.69, 9.17) is 16.7 Å². The Kier molecular flexibility index (Phi) is 3.85. The van der Waals surface area contributed by atoms with Gasteiger partial charge in [0, 0.05) is 23.7 Å². The Hall–Kier alpha value is -0.570. The van der Waals surface area contributed by atoms with E-state index < -0.39 is 0 Å². The highest BCUT2D eigenvalue weighted by molar-refractivity contribution is 6.31. The van der Waals surface area contributed by atoms with Gasteiger partial charge in [-0.3, -0.25) is 0 Å². The number of aliphatic hydroxyl groups excluding tert-OH is 1. The monoisotopic (exact) mass is 239 g/mol. The molecule has 0 radical (unpaired) electrons. The van der Waals surface area contributed by atoms with Crippen molar-refractivity contribution in [1.29, 1.82) is 0 Å². The minimum absolute atomic E-state index is 0.239. The first kappa shape index (κ1) is 11.9. The quantitative estimate of drug-likeness (QED) is 0.847. The van der Waals surface area contributed by atoms with Crippen LogP contribution in [0, 0.1) is 0 Å². The number of nitrogens with one attached hydrogen (secondary N) is 1. The number of benzene rings is 1. The Morgan fingerprint density at radius 1 is 1.56 bits per heavy atom. The van der Waals surface area contributed by atoms with Gasteiger partial charge in [-0.1, -0.05) is 23.7 Å². The van der Waals surface area contributed by atoms with E-state index >= 15 is 0 Å². The Balaban J connectivity index is 2.09. The molecule has 2 N–H and O–H groups in total. The van der Waals surface area contributed by atoms with Gasteiger partial charge in [-0.2, -0.15) is 0 Å². The Morgan fingerprint density at radius 3 is 3.12 bits per heavy atom. The number of aliphatic hydroxyl groups is 1. The van der Waals surface area contributed by atoms with Crippen LogP contribution in [-0.4, -0.2) is 17.8 Å². The lowest BCUT2D eigenvalue weighted by atomic mass is 10.1. The summed E-state index contributed by atoms with van der Waals surface area (Å²) in [4.78, 5) is 0. The number of halogens is 1. The predicted octanol–water partition coefficient (Wildman–Crippen LogP) is 2.69. The van der Waals surface area contributed by atoms with E-state index in [1.165, 1.54) is 11.1 Å². The van der Waals surface area contributed by atoms with Crippen molar-refractivity contribution < 1.29 is 5.11 Å². The molecule has 2 rings (SSSR count). The molecule has 2 atom stereocenters. The molecule has 0 spiro atoms. The smallest absolute Gasteiger partial charge is 0.0445 e. The molecular weight excluding hydrogens is 222 g/mol. The van der Waals surface area contributed by atoms with Crippen molar-refractivity contribution in [2.45, 2.75) is 38.3 Å². The van der Waals surface area contributed by atoms with Crippen LogP contribution in [0.2, 0.25) is 5.02 Å². The fourth-order valence-corrected chi connectivity index (χ4v) is 2.68. The summed E-state index contributed by atoms with van der Waals surface area (Å²) in [5, 5.41) is 13.3. The molecular formula is C13H18ClNO. The normalized spacial score (nSPS) is 20.8. The first-order valence-electron chi connectivity index (χ1n) is 5.86. The van der Waals surface area contributed by atoms with Crippen LogP contribution in [0.25, 0.3) is 0 Å². The molecule has 0 heterocycles. The van der Waals surface area contributed by atoms with Crippen LogP contribution < -0.4 is 5.32 Å². The van der Waals surface area contributed by atoms with E-state index in [1.54, 1.807) is 0 Å². The summed E-state index contributed by atoms with van der Waals surface area (Å²) < 4.78 is 0. The average molecular weight is 240 g/mol. The van der Waals surface area contributed by atoms with Crippen molar-refractivity contribution in [2.24, 2.45) is 0 Å². The molecule has 0 bridgehead atoms. The molecule has 0 saturated heterocycles. The molecule has 1 aliphatic rings. The van der Waals surface area contributed by atoms with Gasteiger partial charge in [0.05, 0.1) is 0 Å². The molecule has 88 valence electrons. The Morgan fingerprint density at radius 2 is 2.38 bits per heavy atom. The molecule has 0 fully saturated rings. The third-order valence-electron chi connectivity index (χ3n) is 3.26. The standard InChI is InChI=1S/C13H18ClNO/c1-9(7-8-16)15-13-6-5-10-11(13)3-2-4-12(10)14/h2-4,9,13,15-16H,5-8H2,1H3.